The zero-order valence-electron chi connectivity index (χ0n) is 21.6. The molecule has 1 aliphatic carbocycles. The number of aryl methyl sites for hydroxylation is 1. The molecule has 1 aromatic carbocycles. The van der Waals surface area contributed by atoms with Gasteiger partial charge in [0.2, 0.25) is 5.91 Å². The van der Waals surface area contributed by atoms with Crippen molar-refractivity contribution in [3.63, 3.8) is 0 Å². The summed E-state index contributed by atoms with van der Waals surface area (Å²) < 4.78 is 7.48. The predicted octanol–water partition coefficient (Wildman–Crippen LogP) is 6.25. The predicted molar refractivity (Wildman–Crippen MR) is 142 cm³/mol. The van der Waals surface area contributed by atoms with Crippen LogP contribution in [0.25, 0.3) is 28.1 Å². The van der Waals surface area contributed by atoms with E-state index in [0.29, 0.717) is 17.4 Å². The van der Waals surface area contributed by atoms with Gasteiger partial charge in [-0.25, -0.2) is 14.5 Å². The van der Waals surface area contributed by atoms with Gasteiger partial charge in [0.1, 0.15) is 16.8 Å². The van der Waals surface area contributed by atoms with Crippen molar-refractivity contribution in [2.45, 2.75) is 59.4 Å². The number of rotatable bonds is 6. The number of carboxylic acids is 1. The second-order valence-electron chi connectivity index (χ2n) is 10.4. The molecule has 192 valence electrons. The smallest absolute Gasteiger partial charge is 0.341 e. The van der Waals surface area contributed by atoms with Crippen LogP contribution in [0.5, 0.6) is 0 Å². The number of anilines is 1. The molecule has 8 nitrogen and oxygen atoms in total. The Bertz CT molecular complexity index is 1440. The SMILES string of the molecule is Cc1ccc2oc(-c3ccc(-n4cc(C(=O)O)c(N(C(=O)[C@H]5CC[C@H](C)CC5)C(C)C)n4)cc3)cc2n1. The molecule has 0 bridgehead atoms. The number of hydrogen-bond donors (Lipinski definition) is 1. The fourth-order valence-corrected chi connectivity index (χ4v) is 5.08. The van der Waals surface area contributed by atoms with Gasteiger partial charge in [-0.1, -0.05) is 6.92 Å². The van der Waals surface area contributed by atoms with Crippen LogP contribution in [-0.4, -0.2) is 37.8 Å². The van der Waals surface area contributed by atoms with Crippen molar-refractivity contribution in [1.29, 1.82) is 0 Å². The standard InChI is InChI=1S/C29H32N4O4/c1-17(2)33(28(34)21-8-5-18(3)6-9-21)27-23(29(35)36)16-32(31-27)22-12-10-20(11-13-22)26-15-24-25(37-26)14-7-19(4)30-24/h7,10-18,21H,5-6,8-9H2,1-4H3,(H,35,36)/t18-,21-. The maximum Gasteiger partial charge on any atom is 0.341 e. The van der Waals surface area contributed by atoms with E-state index < -0.39 is 5.97 Å². The number of hydrogen-bond acceptors (Lipinski definition) is 5. The van der Waals surface area contributed by atoms with E-state index in [2.05, 4.69) is 17.0 Å². The highest BCUT2D eigenvalue weighted by Gasteiger charge is 2.34. The third kappa shape index (κ3) is 4.88. The third-order valence-corrected chi connectivity index (χ3v) is 7.20. The molecule has 0 spiro atoms. The van der Waals surface area contributed by atoms with Crippen molar-refractivity contribution < 1.29 is 19.1 Å². The summed E-state index contributed by atoms with van der Waals surface area (Å²) in [5.74, 6) is 0.247. The van der Waals surface area contributed by atoms with Gasteiger partial charge in [-0.15, -0.1) is 5.10 Å². The summed E-state index contributed by atoms with van der Waals surface area (Å²) in [5.41, 5.74) is 4.01. The van der Waals surface area contributed by atoms with Crippen molar-refractivity contribution >= 4 is 28.8 Å². The molecule has 37 heavy (non-hydrogen) atoms. The van der Waals surface area contributed by atoms with E-state index in [1.807, 2.05) is 63.2 Å². The summed E-state index contributed by atoms with van der Waals surface area (Å²) in [6.45, 7) is 7.94. The summed E-state index contributed by atoms with van der Waals surface area (Å²) in [7, 11) is 0. The van der Waals surface area contributed by atoms with E-state index in [-0.39, 0.29) is 29.2 Å². The highest BCUT2D eigenvalue weighted by molar-refractivity contribution is 6.01. The number of fused-ring (bicyclic) bond motifs is 1. The van der Waals surface area contributed by atoms with Crippen molar-refractivity contribution in [3.8, 4) is 17.0 Å². The minimum Gasteiger partial charge on any atom is -0.477 e. The fraction of sp³-hybridized carbons (Fsp3) is 0.379. The van der Waals surface area contributed by atoms with Gasteiger partial charge < -0.3 is 9.52 Å². The molecule has 1 aliphatic rings. The lowest BCUT2D eigenvalue weighted by Gasteiger charge is -2.32. The lowest BCUT2D eigenvalue weighted by molar-refractivity contribution is -0.124. The largest absolute Gasteiger partial charge is 0.477 e. The Morgan fingerprint density at radius 2 is 1.78 bits per heavy atom. The first-order valence-electron chi connectivity index (χ1n) is 12.8. The first kappa shape index (κ1) is 24.7. The lowest BCUT2D eigenvalue weighted by Crippen LogP contribution is -2.43. The van der Waals surface area contributed by atoms with Gasteiger partial charge >= 0.3 is 5.97 Å². The molecule has 1 amide bonds. The van der Waals surface area contributed by atoms with Crippen LogP contribution in [0.3, 0.4) is 0 Å². The molecule has 3 heterocycles. The zero-order valence-corrected chi connectivity index (χ0v) is 21.6. The van der Waals surface area contributed by atoms with Crippen LogP contribution in [0.4, 0.5) is 5.82 Å². The van der Waals surface area contributed by atoms with Gasteiger partial charge in [-0.2, -0.15) is 0 Å². The molecule has 3 aromatic heterocycles. The van der Waals surface area contributed by atoms with Crippen molar-refractivity contribution in [2.75, 3.05) is 4.90 Å². The van der Waals surface area contributed by atoms with Crippen LogP contribution in [-0.2, 0) is 4.79 Å². The molecule has 1 N–H and O–H groups in total. The molecular formula is C29H32N4O4. The van der Waals surface area contributed by atoms with Crippen molar-refractivity contribution in [3.05, 3.63) is 59.9 Å². The van der Waals surface area contributed by atoms with E-state index in [4.69, 9.17) is 4.42 Å². The number of pyridine rings is 1. The Morgan fingerprint density at radius 3 is 2.43 bits per heavy atom. The number of aromatic carboxylic acids is 1. The second-order valence-corrected chi connectivity index (χ2v) is 10.4. The van der Waals surface area contributed by atoms with Crippen LogP contribution in [0.15, 0.2) is 53.1 Å². The number of furan rings is 1. The van der Waals surface area contributed by atoms with Crippen molar-refractivity contribution in [2.24, 2.45) is 11.8 Å². The Kier molecular flexibility index (Phi) is 6.58. The summed E-state index contributed by atoms with van der Waals surface area (Å²) >= 11 is 0. The molecule has 0 aliphatic heterocycles. The summed E-state index contributed by atoms with van der Waals surface area (Å²) in [5, 5.41) is 14.6. The molecule has 0 atom stereocenters. The number of carbonyl (C=O) groups is 2. The Morgan fingerprint density at radius 1 is 1.08 bits per heavy atom. The number of carboxylic acid groups (broad SMARTS) is 1. The van der Waals surface area contributed by atoms with E-state index in [1.54, 1.807) is 4.90 Å². The average Bonchev–Trinajstić information content (AvgIpc) is 3.49. The number of aromatic nitrogens is 3. The number of carbonyl (C=O) groups excluding carboxylic acids is 1. The number of amides is 1. The fourth-order valence-electron chi connectivity index (χ4n) is 5.08. The summed E-state index contributed by atoms with van der Waals surface area (Å²) in [6, 6.07) is 13.0. The minimum absolute atomic E-state index is 0.00836. The topological polar surface area (TPSA) is 101 Å². The second kappa shape index (κ2) is 9.84. The first-order chi connectivity index (χ1) is 17.7. The minimum atomic E-state index is -1.11. The van der Waals surface area contributed by atoms with Gasteiger partial charge in [0.05, 0.1) is 5.69 Å². The molecule has 1 fully saturated rings. The third-order valence-electron chi connectivity index (χ3n) is 7.20. The first-order valence-corrected chi connectivity index (χ1v) is 12.8. The van der Waals surface area contributed by atoms with Gasteiger partial charge in [-0.3, -0.25) is 9.69 Å². The van der Waals surface area contributed by atoms with Crippen LogP contribution in [0.1, 0.15) is 62.5 Å². The van der Waals surface area contributed by atoms with Crippen LogP contribution >= 0.6 is 0 Å². The van der Waals surface area contributed by atoms with E-state index in [1.165, 1.54) is 10.9 Å². The molecule has 5 rings (SSSR count). The van der Waals surface area contributed by atoms with Crippen molar-refractivity contribution in [1.82, 2.24) is 14.8 Å². The molecule has 0 saturated heterocycles. The highest BCUT2D eigenvalue weighted by atomic mass is 16.4. The van der Waals surface area contributed by atoms with Crippen LogP contribution < -0.4 is 4.90 Å². The molecule has 0 unspecified atom stereocenters. The van der Waals surface area contributed by atoms with Gasteiger partial charge in [0, 0.05) is 35.5 Å². The average molecular weight is 501 g/mol. The Balaban J connectivity index is 1.46. The monoisotopic (exact) mass is 500 g/mol. The normalized spacial score (nSPS) is 17.9. The Labute approximate surface area is 215 Å². The lowest BCUT2D eigenvalue weighted by atomic mass is 9.82. The van der Waals surface area contributed by atoms with E-state index in [0.717, 1.165) is 48.0 Å². The molecule has 8 heteroatoms. The van der Waals surface area contributed by atoms with E-state index >= 15 is 0 Å². The maximum absolute atomic E-state index is 13.5. The van der Waals surface area contributed by atoms with Gasteiger partial charge in [0.25, 0.3) is 0 Å². The maximum atomic E-state index is 13.5. The molecule has 1 saturated carbocycles. The zero-order chi connectivity index (χ0) is 26.3. The Hall–Kier alpha value is -3.94. The van der Waals surface area contributed by atoms with Gasteiger partial charge in [-0.05, 0) is 88.8 Å². The summed E-state index contributed by atoms with van der Waals surface area (Å²) in [4.78, 5) is 31.8. The summed E-state index contributed by atoms with van der Waals surface area (Å²) in [6.07, 6.45) is 5.15. The van der Waals surface area contributed by atoms with Crippen LogP contribution in [0.2, 0.25) is 0 Å². The number of nitrogens with zero attached hydrogens (tertiary/aromatic N) is 4. The molecule has 0 radical (unpaired) electrons. The molecular weight excluding hydrogens is 468 g/mol. The van der Waals surface area contributed by atoms with Gasteiger partial charge in [0.15, 0.2) is 11.4 Å². The molecule has 4 aromatic rings. The number of benzene rings is 1. The quantitative estimate of drug-likeness (QED) is 0.336. The highest BCUT2D eigenvalue weighted by Crippen LogP contribution is 2.33. The van der Waals surface area contributed by atoms with Crippen LogP contribution in [0, 0.1) is 18.8 Å². The van der Waals surface area contributed by atoms with E-state index in [9.17, 15) is 14.7 Å².